The van der Waals surface area contributed by atoms with Gasteiger partial charge in [0.25, 0.3) is 0 Å². The largest absolute Gasteiger partial charge is 0.289 e. The van der Waals surface area contributed by atoms with E-state index in [0.717, 1.165) is 44.4 Å². The highest BCUT2D eigenvalue weighted by atomic mass is 16.1. The normalized spacial score (nSPS) is 10.9. The van der Waals surface area contributed by atoms with Crippen LogP contribution in [-0.2, 0) is 0 Å². The molecule has 0 unspecified atom stereocenters. The van der Waals surface area contributed by atoms with Crippen LogP contribution in [0.2, 0.25) is 0 Å². The van der Waals surface area contributed by atoms with E-state index < -0.39 is 0 Å². The minimum absolute atomic E-state index is 0.00951. The van der Waals surface area contributed by atoms with Crippen LogP contribution in [0.15, 0.2) is 103 Å². The van der Waals surface area contributed by atoms with Crippen LogP contribution in [0.1, 0.15) is 27.2 Å². The summed E-state index contributed by atoms with van der Waals surface area (Å²) in [5.41, 5.74) is 8.16. The molecule has 0 spiro atoms. The molecule has 5 aromatic rings. The summed E-state index contributed by atoms with van der Waals surface area (Å²) in [7, 11) is 0. The highest BCUT2D eigenvalue weighted by Crippen LogP contribution is 2.41. The third kappa shape index (κ3) is 3.50. The molecule has 0 aliphatic carbocycles. The lowest BCUT2D eigenvalue weighted by molar-refractivity contribution is 0.104. The van der Waals surface area contributed by atoms with Gasteiger partial charge in [0, 0.05) is 22.2 Å². The smallest absolute Gasteiger partial charge is 0.195 e. The third-order valence-electron chi connectivity index (χ3n) is 5.85. The maximum absolute atomic E-state index is 14.0. The molecule has 0 atom stereocenters. The lowest BCUT2D eigenvalue weighted by Gasteiger charge is -2.19. The van der Waals surface area contributed by atoms with Crippen molar-refractivity contribution in [3.8, 4) is 22.3 Å². The summed E-state index contributed by atoms with van der Waals surface area (Å²) >= 11 is 0. The average molecular weight is 414 g/mol. The molecule has 0 radical (unpaired) electrons. The number of ketones is 1. The van der Waals surface area contributed by atoms with Crippen LogP contribution in [0.4, 0.5) is 0 Å². The van der Waals surface area contributed by atoms with Crippen LogP contribution in [0.5, 0.6) is 0 Å². The second-order valence-corrected chi connectivity index (χ2v) is 8.08. The zero-order valence-corrected chi connectivity index (χ0v) is 18.2. The maximum atomic E-state index is 14.0. The molecule has 1 heterocycles. The number of hydrogen-bond donors (Lipinski definition) is 0. The summed E-state index contributed by atoms with van der Waals surface area (Å²) in [5, 5.41) is 1.01. The minimum atomic E-state index is -0.00951. The van der Waals surface area contributed by atoms with Gasteiger partial charge in [-0.25, -0.2) is 0 Å². The van der Waals surface area contributed by atoms with Crippen molar-refractivity contribution in [3.05, 3.63) is 126 Å². The topological polar surface area (TPSA) is 30.0 Å². The Bertz CT molecular complexity index is 1420. The Hall–Kier alpha value is -4.04. The fraction of sp³-hybridized carbons (Fsp3) is 0.0667. The van der Waals surface area contributed by atoms with E-state index in [0.29, 0.717) is 11.1 Å². The summed E-state index contributed by atoms with van der Waals surface area (Å²) in [5.74, 6) is -0.00951. The van der Waals surface area contributed by atoms with Crippen molar-refractivity contribution in [2.24, 2.45) is 0 Å². The summed E-state index contributed by atoms with van der Waals surface area (Å²) in [4.78, 5) is 18.9. The molecule has 0 saturated heterocycles. The third-order valence-corrected chi connectivity index (χ3v) is 5.85. The molecule has 1 aromatic heterocycles. The number of rotatable bonds is 4. The van der Waals surface area contributed by atoms with E-state index in [1.807, 2.05) is 73.7 Å². The van der Waals surface area contributed by atoms with Crippen molar-refractivity contribution in [2.45, 2.75) is 13.8 Å². The van der Waals surface area contributed by atoms with Crippen LogP contribution in [-0.4, -0.2) is 10.8 Å². The predicted molar refractivity (Wildman–Crippen MR) is 132 cm³/mol. The molecule has 154 valence electrons. The van der Waals surface area contributed by atoms with Crippen molar-refractivity contribution >= 4 is 16.7 Å². The summed E-state index contributed by atoms with van der Waals surface area (Å²) in [6.07, 6.45) is 0. The predicted octanol–water partition coefficient (Wildman–Crippen LogP) is 7.42. The Morgan fingerprint density at radius 2 is 1.25 bits per heavy atom. The molecule has 4 aromatic carbocycles. The van der Waals surface area contributed by atoms with Crippen molar-refractivity contribution in [3.63, 3.8) is 0 Å². The molecule has 0 bridgehead atoms. The van der Waals surface area contributed by atoms with E-state index in [2.05, 4.69) is 43.3 Å². The average Bonchev–Trinajstić information content (AvgIpc) is 2.84. The molecule has 2 nitrogen and oxygen atoms in total. The van der Waals surface area contributed by atoms with Gasteiger partial charge < -0.3 is 0 Å². The molecule has 0 aliphatic rings. The first-order valence-corrected chi connectivity index (χ1v) is 10.8. The van der Waals surface area contributed by atoms with Crippen LogP contribution >= 0.6 is 0 Å². The fourth-order valence-corrected chi connectivity index (χ4v) is 4.39. The Morgan fingerprint density at radius 3 is 1.88 bits per heavy atom. The van der Waals surface area contributed by atoms with E-state index >= 15 is 0 Å². The first-order valence-electron chi connectivity index (χ1n) is 10.8. The van der Waals surface area contributed by atoms with Gasteiger partial charge in [0.1, 0.15) is 0 Å². The van der Waals surface area contributed by atoms with E-state index in [-0.39, 0.29) is 5.78 Å². The Labute approximate surface area is 188 Å². The van der Waals surface area contributed by atoms with Gasteiger partial charge in [0.15, 0.2) is 5.78 Å². The molecular weight excluding hydrogens is 390 g/mol. The number of aryl methyl sites for hydroxylation is 2. The van der Waals surface area contributed by atoms with Crippen LogP contribution < -0.4 is 0 Å². The summed E-state index contributed by atoms with van der Waals surface area (Å²) < 4.78 is 0. The van der Waals surface area contributed by atoms with E-state index in [1.54, 1.807) is 0 Å². The number of nitrogens with zero attached hydrogens (tertiary/aromatic N) is 1. The van der Waals surface area contributed by atoms with Crippen molar-refractivity contribution in [1.82, 2.24) is 4.98 Å². The van der Waals surface area contributed by atoms with Crippen molar-refractivity contribution < 1.29 is 4.79 Å². The first-order chi connectivity index (χ1) is 15.6. The van der Waals surface area contributed by atoms with Crippen molar-refractivity contribution in [1.29, 1.82) is 0 Å². The lowest BCUT2D eigenvalue weighted by Crippen LogP contribution is -2.08. The highest BCUT2D eigenvalue weighted by Gasteiger charge is 2.24. The van der Waals surface area contributed by atoms with Crippen molar-refractivity contribution in [2.75, 3.05) is 0 Å². The number of aromatic nitrogens is 1. The molecule has 0 N–H and O–H groups in total. The summed E-state index contributed by atoms with van der Waals surface area (Å²) in [6, 6.07) is 34.2. The van der Waals surface area contributed by atoms with Crippen LogP contribution in [0, 0.1) is 13.8 Å². The fourth-order valence-electron chi connectivity index (χ4n) is 4.39. The minimum Gasteiger partial charge on any atom is -0.289 e. The molecule has 2 heteroatoms. The lowest BCUT2D eigenvalue weighted by atomic mass is 9.84. The zero-order chi connectivity index (χ0) is 22.1. The molecule has 32 heavy (non-hydrogen) atoms. The number of hydrogen-bond acceptors (Lipinski definition) is 2. The molecular formula is C30H23NO. The maximum Gasteiger partial charge on any atom is 0.195 e. The molecule has 0 saturated carbocycles. The molecule has 5 rings (SSSR count). The second-order valence-electron chi connectivity index (χ2n) is 8.08. The van der Waals surface area contributed by atoms with E-state index in [9.17, 15) is 4.79 Å². The number of fused-ring (bicyclic) bond motifs is 1. The number of benzene rings is 4. The number of carbonyl (C=O) groups excluding carboxylic acids is 1. The monoisotopic (exact) mass is 413 g/mol. The quantitative estimate of drug-likeness (QED) is 0.287. The van der Waals surface area contributed by atoms with E-state index in [1.165, 1.54) is 0 Å². The standard InChI is InChI=1S/C30H23NO/c1-20-18-21(2)31-29-25(20)19-26(22-12-6-3-7-13-22)27(23-14-8-4-9-15-23)28(29)30(32)24-16-10-5-11-17-24/h3-19H,1-2H3. The molecule has 0 amide bonds. The molecule has 0 fully saturated rings. The van der Waals surface area contributed by atoms with Gasteiger partial charge in [-0.3, -0.25) is 9.78 Å². The van der Waals surface area contributed by atoms with Crippen LogP contribution in [0.25, 0.3) is 33.2 Å². The Kier molecular flexibility index (Phi) is 5.12. The first kappa shape index (κ1) is 19.9. The van der Waals surface area contributed by atoms with Gasteiger partial charge in [-0.2, -0.15) is 0 Å². The molecule has 0 aliphatic heterocycles. The van der Waals surface area contributed by atoms with Gasteiger partial charge in [-0.1, -0.05) is 91.0 Å². The second kappa shape index (κ2) is 8.24. The van der Waals surface area contributed by atoms with E-state index in [4.69, 9.17) is 4.98 Å². The van der Waals surface area contributed by atoms with Crippen LogP contribution in [0.3, 0.4) is 0 Å². The van der Waals surface area contributed by atoms with Gasteiger partial charge in [-0.05, 0) is 48.2 Å². The highest BCUT2D eigenvalue weighted by molar-refractivity contribution is 6.22. The zero-order valence-electron chi connectivity index (χ0n) is 18.2. The van der Waals surface area contributed by atoms with Gasteiger partial charge in [0.2, 0.25) is 0 Å². The number of pyridine rings is 1. The number of carbonyl (C=O) groups is 1. The SMILES string of the molecule is Cc1cc(C)c2cc(-c3ccccc3)c(-c3ccccc3)c(C(=O)c3ccccc3)c2n1. The summed E-state index contributed by atoms with van der Waals surface area (Å²) in [6.45, 7) is 4.07. The Morgan fingerprint density at radius 1 is 0.688 bits per heavy atom. The van der Waals surface area contributed by atoms with Gasteiger partial charge >= 0.3 is 0 Å². The van der Waals surface area contributed by atoms with Gasteiger partial charge in [-0.15, -0.1) is 0 Å². The van der Waals surface area contributed by atoms with Gasteiger partial charge in [0.05, 0.1) is 11.1 Å². The Balaban J connectivity index is 1.97.